The number of methoxy groups -OCH3 is 1. The average molecular weight is 309 g/mol. The number of aliphatic hydroxyl groups is 1. The van der Waals surface area contributed by atoms with Crippen LogP contribution in [0.25, 0.3) is 0 Å². The van der Waals surface area contributed by atoms with Gasteiger partial charge in [-0.25, -0.2) is 0 Å². The zero-order valence-electron chi connectivity index (χ0n) is 13.8. The molecule has 22 heavy (non-hydrogen) atoms. The molecule has 1 aliphatic heterocycles. The highest BCUT2D eigenvalue weighted by molar-refractivity contribution is 5.47. The maximum Gasteiger partial charge on any atom is 0.126 e. The van der Waals surface area contributed by atoms with E-state index in [1.807, 2.05) is 0 Å². The number of nitrogens with one attached hydrogen (secondary N) is 1. The molecule has 0 saturated carbocycles. The number of rotatable bonds is 8. The number of nitrogens with zero attached hydrogens (tertiary/aromatic N) is 1. The smallest absolute Gasteiger partial charge is 0.126 e. The van der Waals surface area contributed by atoms with Gasteiger partial charge < -0.3 is 24.4 Å². The second-order valence-electron chi connectivity index (χ2n) is 6.00. The maximum absolute atomic E-state index is 10.0. The Labute approximate surface area is 133 Å². The van der Waals surface area contributed by atoms with Gasteiger partial charge in [-0.05, 0) is 19.1 Å². The summed E-state index contributed by atoms with van der Waals surface area (Å²) in [4.78, 5) is 3.87. The fourth-order valence-electron chi connectivity index (χ4n) is 2.79. The molecule has 5 nitrogen and oxygen atoms in total. The van der Waals surface area contributed by atoms with E-state index in [-0.39, 0.29) is 0 Å². The van der Waals surface area contributed by atoms with Gasteiger partial charge in [-0.1, -0.05) is 17.7 Å². The van der Waals surface area contributed by atoms with Crippen molar-refractivity contribution in [3.8, 4) is 0 Å². The summed E-state index contributed by atoms with van der Waals surface area (Å²) in [6.45, 7) is 8.58. The van der Waals surface area contributed by atoms with Crippen molar-refractivity contribution in [2.45, 2.75) is 13.0 Å². The van der Waals surface area contributed by atoms with Gasteiger partial charge in [-0.3, -0.25) is 0 Å². The van der Waals surface area contributed by atoms with E-state index in [9.17, 15) is 5.11 Å². The number of anilines is 1. The predicted octanol–water partition coefficient (Wildman–Crippen LogP) is -0.276. The SMILES string of the molecule is COCCOCC(O)C[NH+]1CCN(c2ccc(C)cc2)CC1. The van der Waals surface area contributed by atoms with Crippen LogP contribution in [-0.4, -0.2) is 70.9 Å². The summed E-state index contributed by atoms with van der Waals surface area (Å²) < 4.78 is 10.3. The number of hydrogen-bond acceptors (Lipinski definition) is 4. The molecule has 1 aliphatic rings. The van der Waals surface area contributed by atoms with E-state index in [0.29, 0.717) is 19.8 Å². The molecule has 1 saturated heterocycles. The van der Waals surface area contributed by atoms with Gasteiger partial charge in [0, 0.05) is 12.8 Å². The van der Waals surface area contributed by atoms with Crippen LogP contribution in [0.3, 0.4) is 0 Å². The number of ether oxygens (including phenoxy) is 2. The Hall–Kier alpha value is -1.14. The van der Waals surface area contributed by atoms with E-state index in [1.54, 1.807) is 7.11 Å². The summed E-state index contributed by atoms with van der Waals surface area (Å²) in [7, 11) is 1.65. The van der Waals surface area contributed by atoms with E-state index in [0.717, 1.165) is 32.7 Å². The Bertz CT molecular complexity index is 416. The monoisotopic (exact) mass is 309 g/mol. The van der Waals surface area contributed by atoms with Crippen molar-refractivity contribution >= 4 is 5.69 Å². The summed E-state index contributed by atoms with van der Waals surface area (Å²) in [6.07, 6.45) is -0.391. The first-order chi connectivity index (χ1) is 10.7. The lowest BCUT2D eigenvalue weighted by molar-refractivity contribution is -0.903. The van der Waals surface area contributed by atoms with E-state index in [2.05, 4.69) is 36.1 Å². The van der Waals surface area contributed by atoms with Crippen LogP contribution in [-0.2, 0) is 9.47 Å². The number of hydrogen-bond donors (Lipinski definition) is 2. The van der Waals surface area contributed by atoms with Crippen molar-refractivity contribution in [1.82, 2.24) is 0 Å². The molecule has 0 amide bonds. The molecular formula is C17H29N2O3+. The molecule has 2 N–H and O–H groups in total. The molecular weight excluding hydrogens is 280 g/mol. The van der Waals surface area contributed by atoms with Crippen LogP contribution in [0.1, 0.15) is 5.56 Å². The molecule has 1 heterocycles. The zero-order chi connectivity index (χ0) is 15.8. The van der Waals surface area contributed by atoms with Crippen molar-refractivity contribution < 1.29 is 19.5 Å². The third-order valence-corrected chi connectivity index (χ3v) is 4.14. The minimum Gasteiger partial charge on any atom is -0.385 e. The topological polar surface area (TPSA) is 46.4 Å². The summed E-state index contributed by atoms with van der Waals surface area (Å²) in [5, 5.41) is 10.0. The Morgan fingerprint density at radius 2 is 1.86 bits per heavy atom. The lowest BCUT2D eigenvalue weighted by atomic mass is 10.2. The standard InChI is InChI=1S/C17H28N2O3/c1-15-3-5-16(6-4-15)19-9-7-18(8-10-19)13-17(20)14-22-12-11-21-2/h3-6,17,20H,7-14H2,1-2H3/p+1. The largest absolute Gasteiger partial charge is 0.385 e. The maximum atomic E-state index is 10.0. The number of quaternary nitrogens is 1. The van der Waals surface area contributed by atoms with Crippen LogP contribution in [0.2, 0.25) is 0 Å². The average Bonchev–Trinajstić information content (AvgIpc) is 2.53. The third-order valence-electron chi connectivity index (χ3n) is 4.14. The van der Waals surface area contributed by atoms with E-state index in [1.165, 1.54) is 16.2 Å². The van der Waals surface area contributed by atoms with Crippen molar-refractivity contribution in [3.05, 3.63) is 29.8 Å². The predicted molar refractivity (Wildman–Crippen MR) is 87.7 cm³/mol. The number of benzene rings is 1. The first-order valence-electron chi connectivity index (χ1n) is 8.09. The molecule has 0 aromatic heterocycles. The summed E-state index contributed by atoms with van der Waals surface area (Å²) >= 11 is 0. The van der Waals surface area contributed by atoms with E-state index in [4.69, 9.17) is 9.47 Å². The summed E-state index contributed by atoms with van der Waals surface area (Å²) in [5.74, 6) is 0. The van der Waals surface area contributed by atoms with Crippen LogP contribution >= 0.6 is 0 Å². The fraction of sp³-hybridized carbons (Fsp3) is 0.647. The Morgan fingerprint density at radius 3 is 2.50 bits per heavy atom. The van der Waals surface area contributed by atoms with Gasteiger partial charge in [0.05, 0.1) is 46.0 Å². The summed E-state index contributed by atoms with van der Waals surface area (Å²) in [5.41, 5.74) is 2.60. The number of aryl methyl sites for hydroxylation is 1. The molecule has 0 bridgehead atoms. The highest BCUT2D eigenvalue weighted by atomic mass is 16.5. The van der Waals surface area contributed by atoms with Gasteiger partial charge in [0.15, 0.2) is 0 Å². The lowest BCUT2D eigenvalue weighted by Crippen LogP contribution is -3.16. The first kappa shape index (κ1) is 17.2. The Balaban J connectivity index is 1.67. The second-order valence-corrected chi connectivity index (χ2v) is 6.00. The molecule has 5 heteroatoms. The van der Waals surface area contributed by atoms with Crippen LogP contribution < -0.4 is 9.80 Å². The van der Waals surface area contributed by atoms with Crippen molar-refractivity contribution in [2.24, 2.45) is 0 Å². The lowest BCUT2D eigenvalue weighted by Gasteiger charge is -2.34. The third kappa shape index (κ3) is 5.57. The molecule has 1 atom stereocenters. The molecule has 1 unspecified atom stereocenters. The Morgan fingerprint density at radius 1 is 1.18 bits per heavy atom. The molecule has 1 aromatic carbocycles. The minimum atomic E-state index is -0.391. The molecule has 2 rings (SSSR count). The van der Waals surface area contributed by atoms with Crippen LogP contribution in [0.4, 0.5) is 5.69 Å². The zero-order valence-corrected chi connectivity index (χ0v) is 13.8. The fourth-order valence-corrected chi connectivity index (χ4v) is 2.79. The van der Waals surface area contributed by atoms with Crippen LogP contribution in [0.15, 0.2) is 24.3 Å². The minimum absolute atomic E-state index is 0.391. The molecule has 0 spiro atoms. The molecule has 0 aliphatic carbocycles. The van der Waals surface area contributed by atoms with Gasteiger partial charge >= 0.3 is 0 Å². The number of aliphatic hydroxyl groups excluding tert-OH is 1. The molecule has 124 valence electrons. The molecule has 0 radical (unpaired) electrons. The van der Waals surface area contributed by atoms with Gasteiger partial charge in [0.1, 0.15) is 12.6 Å². The molecule has 1 fully saturated rings. The Kier molecular flexibility index (Phi) is 7.12. The summed E-state index contributed by atoms with van der Waals surface area (Å²) in [6, 6.07) is 8.71. The van der Waals surface area contributed by atoms with Gasteiger partial charge in [0.2, 0.25) is 0 Å². The van der Waals surface area contributed by atoms with Crippen LogP contribution in [0, 0.1) is 6.92 Å². The molecule has 1 aromatic rings. The first-order valence-corrected chi connectivity index (χ1v) is 8.09. The highest BCUT2D eigenvalue weighted by Crippen LogP contribution is 2.14. The normalized spacial score (nSPS) is 17.7. The van der Waals surface area contributed by atoms with Gasteiger partial charge in [0.25, 0.3) is 0 Å². The van der Waals surface area contributed by atoms with E-state index >= 15 is 0 Å². The van der Waals surface area contributed by atoms with Gasteiger partial charge in [-0.15, -0.1) is 0 Å². The van der Waals surface area contributed by atoms with Crippen molar-refractivity contribution in [2.75, 3.05) is 64.6 Å². The van der Waals surface area contributed by atoms with E-state index < -0.39 is 6.10 Å². The van der Waals surface area contributed by atoms with Gasteiger partial charge in [-0.2, -0.15) is 0 Å². The van der Waals surface area contributed by atoms with Crippen molar-refractivity contribution in [3.63, 3.8) is 0 Å². The van der Waals surface area contributed by atoms with Crippen LogP contribution in [0.5, 0.6) is 0 Å². The number of piperazine rings is 1. The highest BCUT2D eigenvalue weighted by Gasteiger charge is 2.22. The quantitative estimate of drug-likeness (QED) is 0.649. The van der Waals surface area contributed by atoms with Crippen molar-refractivity contribution in [1.29, 1.82) is 0 Å². The second kappa shape index (κ2) is 9.10.